The third-order valence-electron chi connectivity index (χ3n) is 4.90. The van der Waals surface area contributed by atoms with Crippen LogP contribution in [0, 0.1) is 11.2 Å². The van der Waals surface area contributed by atoms with E-state index in [4.69, 9.17) is 0 Å². The van der Waals surface area contributed by atoms with Gasteiger partial charge < -0.3 is 15.3 Å². The summed E-state index contributed by atoms with van der Waals surface area (Å²) in [5.41, 5.74) is 0.991. The monoisotopic (exact) mass is 435 g/mol. The number of likely N-dealkylation sites (tertiary alicyclic amines) is 1. The summed E-state index contributed by atoms with van der Waals surface area (Å²) in [7, 11) is 0. The molecule has 0 atom stereocenters. The number of phenols is 1. The first-order chi connectivity index (χ1) is 10.2. The van der Waals surface area contributed by atoms with E-state index in [-0.39, 0.29) is 40.7 Å². The summed E-state index contributed by atoms with van der Waals surface area (Å²) in [6.45, 7) is 13.1. The molecule has 1 heterocycles. The van der Waals surface area contributed by atoms with Crippen LogP contribution in [-0.4, -0.2) is 34.6 Å². The zero-order valence-corrected chi connectivity index (χ0v) is 16.8. The van der Waals surface area contributed by atoms with Crippen molar-refractivity contribution < 1.29 is 9.50 Å². The van der Waals surface area contributed by atoms with E-state index in [0.29, 0.717) is 6.54 Å². The quantitative estimate of drug-likeness (QED) is 0.432. The molecule has 4 nitrogen and oxygen atoms in total. The van der Waals surface area contributed by atoms with Gasteiger partial charge in [0, 0.05) is 24.0 Å². The SMILES string of the molecule is CCNC(=NCc1ccc(O)c(F)c1)N1CC(C)(C)C1(C)C.I. The van der Waals surface area contributed by atoms with E-state index in [0.717, 1.165) is 24.6 Å². The molecule has 130 valence electrons. The molecule has 6 heteroatoms. The molecule has 1 aromatic carbocycles. The Bertz CT molecular complexity index is 587. The number of nitrogens with zero attached hydrogens (tertiary/aromatic N) is 2. The Morgan fingerprint density at radius 1 is 1.35 bits per heavy atom. The van der Waals surface area contributed by atoms with Crippen LogP contribution in [0.15, 0.2) is 23.2 Å². The molecular formula is C17H27FIN3O. The van der Waals surface area contributed by atoms with Gasteiger partial charge in [0.1, 0.15) is 0 Å². The van der Waals surface area contributed by atoms with Gasteiger partial charge in [-0.05, 0) is 38.5 Å². The van der Waals surface area contributed by atoms with Crippen molar-refractivity contribution in [1.82, 2.24) is 10.2 Å². The van der Waals surface area contributed by atoms with Crippen molar-refractivity contribution >= 4 is 29.9 Å². The summed E-state index contributed by atoms with van der Waals surface area (Å²) in [6, 6.07) is 4.38. The topological polar surface area (TPSA) is 47.9 Å². The van der Waals surface area contributed by atoms with Crippen molar-refractivity contribution in [3.05, 3.63) is 29.6 Å². The van der Waals surface area contributed by atoms with E-state index in [1.54, 1.807) is 6.07 Å². The Labute approximate surface area is 155 Å². The highest BCUT2D eigenvalue weighted by atomic mass is 127. The lowest BCUT2D eigenvalue weighted by molar-refractivity contribution is -0.0667. The first-order valence-corrected chi connectivity index (χ1v) is 7.72. The number of aliphatic imine (C=N–C) groups is 1. The van der Waals surface area contributed by atoms with Gasteiger partial charge in [-0.2, -0.15) is 0 Å². The standard InChI is InChI=1S/C17H26FN3O.HI/c1-6-19-15(21-11-16(2,3)17(21,4)5)20-10-12-7-8-14(22)13(18)9-12;/h7-9,22H,6,10-11H2,1-5H3,(H,19,20);1H. The maximum atomic E-state index is 13.4. The van der Waals surface area contributed by atoms with Crippen molar-refractivity contribution in [2.45, 2.75) is 46.7 Å². The second-order valence-corrected chi connectivity index (χ2v) is 6.98. The predicted molar refractivity (Wildman–Crippen MR) is 103 cm³/mol. The van der Waals surface area contributed by atoms with E-state index >= 15 is 0 Å². The molecule has 0 amide bonds. The van der Waals surface area contributed by atoms with E-state index < -0.39 is 5.82 Å². The molecule has 0 unspecified atom stereocenters. The van der Waals surface area contributed by atoms with Crippen molar-refractivity contribution in [2.24, 2.45) is 10.4 Å². The smallest absolute Gasteiger partial charge is 0.194 e. The predicted octanol–water partition coefficient (Wildman–Crippen LogP) is 3.74. The summed E-state index contributed by atoms with van der Waals surface area (Å²) in [4.78, 5) is 6.88. The fourth-order valence-electron chi connectivity index (χ4n) is 2.61. The molecule has 0 saturated carbocycles. The summed E-state index contributed by atoms with van der Waals surface area (Å²) in [5, 5.41) is 12.5. The van der Waals surface area contributed by atoms with Crippen molar-refractivity contribution in [3.8, 4) is 5.75 Å². The van der Waals surface area contributed by atoms with E-state index in [1.165, 1.54) is 12.1 Å². The molecule has 1 aliphatic heterocycles. The van der Waals surface area contributed by atoms with Gasteiger partial charge in [-0.1, -0.05) is 19.9 Å². The number of hydrogen-bond donors (Lipinski definition) is 2. The van der Waals surface area contributed by atoms with Crippen molar-refractivity contribution in [3.63, 3.8) is 0 Å². The molecule has 0 aromatic heterocycles. The number of rotatable bonds is 3. The molecule has 1 aromatic rings. The van der Waals surface area contributed by atoms with Gasteiger partial charge in [0.2, 0.25) is 0 Å². The minimum atomic E-state index is -0.608. The molecule has 1 aliphatic rings. The van der Waals surface area contributed by atoms with Crippen LogP contribution in [-0.2, 0) is 6.54 Å². The van der Waals surface area contributed by atoms with Crippen molar-refractivity contribution in [2.75, 3.05) is 13.1 Å². The first kappa shape index (κ1) is 20.0. The minimum Gasteiger partial charge on any atom is -0.505 e. The Hall–Kier alpha value is -1.05. The average Bonchev–Trinajstić information content (AvgIpc) is 2.45. The van der Waals surface area contributed by atoms with Gasteiger partial charge >= 0.3 is 0 Å². The number of benzene rings is 1. The van der Waals surface area contributed by atoms with Gasteiger partial charge in [-0.3, -0.25) is 0 Å². The molecule has 0 spiro atoms. The highest BCUT2D eigenvalue weighted by Gasteiger charge is 2.53. The molecule has 0 aliphatic carbocycles. The second-order valence-electron chi connectivity index (χ2n) is 6.98. The van der Waals surface area contributed by atoms with Gasteiger partial charge in [0.25, 0.3) is 0 Å². The Balaban J connectivity index is 0.00000264. The number of hydrogen-bond acceptors (Lipinski definition) is 2. The third kappa shape index (κ3) is 3.89. The maximum Gasteiger partial charge on any atom is 0.194 e. The molecule has 0 bridgehead atoms. The van der Waals surface area contributed by atoms with Crippen LogP contribution in [0.2, 0.25) is 0 Å². The molecule has 2 N–H and O–H groups in total. The van der Waals surface area contributed by atoms with Crippen LogP contribution < -0.4 is 5.32 Å². The van der Waals surface area contributed by atoms with Crippen LogP contribution in [0.4, 0.5) is 4.39 Å². The lowest BCUT2D eigenvalue weighted by atomic mass is 9.65. The Morgan fingerprint density at radius 3 is 2.48 bits per heavy atom. The minimum absolute atomic E-state index is 0. The van der Waals surface area contributed by atoms with E-state index in [2.05, 4.69) is 42.9 Å². The number of halogens is 2. The largest absolute Gasteiger partial charge is 0.505 e. The lowest BCUT2D eigenvalue weighted by Crippen LogP contribution is -2.72. The fourth-order valence-corrected chi connectivity index (χ4v) is 2.61. The molecule has 2 rings (SSSR count). The number of aromatic hydroxyl groups is 1. The van der Waals surface area contributed by atoms with Crippen LogP contribution in [0.3, 0.4) is 0 Å². The van der Waals surface area contributed by atoms with Crippen LogP contribution >= 0.6 is 24.0 Å². The first-order valence-electron chi connectivity index (χ1n) is 7.72. The number of phenolic OH excluding ortho intramolecular Hbond substituents is 1. The summed E-state index contributed by atoms with van der Waals surface area (Å²) in [5.74, 6) is -0.0892. The number of guanidine groups is 1. The molecular weight excluding hydrogens is 408 g/mol. The highest BCUT2D eigenvalue weighted by molar-refractivity contribution is 14.0. The Kier molecular flexibility index (Phi) is 6.29. The lowest BCUT2D eigenvalue weighted by Gasteiger charge is -2.62. The summed E-state index contributed by atoms with van der Waals surface area (Å²) < 4.78 is 13.4. The molecule has 1 saturated heterocycles. The maximum absolute atomic E-state index is 13.4. The molecule has 1 fully saturated rings. The zero-order chi connectivity index (χ0) is 16.5. The normalized spacial score (nSPS) is 18.9. The van der Waals surface area contributed by atoms with Crippen LogP contribution in [0.1, 0.15) is 40.2 Å². The Morgan fingerprint density at radius 2 is 2.00 bits per heavy atom. The van der Waals surface area contributed by atoms with Gasteiger partial charge in [-0.15, -0.1) is 24.0 Å². The zero-order valence-electron chi connectivity index (χ0n) is 14.5. The van der Waals surface area contributed by atoms with Crippen LogP contribution in [0.25, 0.3) is 0 Å². The van der Waals surface area contributed by atoms with E-state index in [9.17, 15) is 9.50 Å². The van der Waals surface area contributed by atoms with Crippen LogP contribution in [0.5, 0.6) is 5.75 Å². The molecule has 0 radical (unpaired) electrons. The fraction of sp³-hybridized carbons (Fsp3) is 0.588. The molecule has 23 heavy (non-hydrogen) atoms. The van der Waals surface area contributed by atoms with Gasteiger partial charge in [0.05, 0.1) is 6.54 Å². The highest BCUT2D eigenvalue weighted by Crippen LogP contribution is 2.46. The average molecular weight is 435 g/mol. The third-order valence-corrected chi connectivity index (χ3v) is 4.90. The summed E-state index contributed by atoms with van der Waals surface area (Å²) >= 11 is 0. The summed E-state index contributed by atoms with van der Waals surface area (Å²) in [6.07, 6.45) is 0. The second kappa shape index (κ2) is 7.23. The van der Waals surface area contributed by atoms with E-state index in [1.807, 2.05) is 6.92 Å². The van der Waals surface area contributed by atoms with Crippen molar-refractivity contribution in [1.29, 1.82) is 0 Å². The van der Waals surface area contributed by atoms with Gasteiger partial charge in [-0.25, -0.2) is 9.38 Å². The van der Waals surface area contributed by atoms with Gasteiger partial charge in [0.15, 0.2) is 17.5 Å². The number of nitrogens with one attached hydrogen (secondary N) is 1.